The van der Waals surface area contributed by atoms with E-state index < -0.39 is 41.9 Å². The normalized spacial score (nSPS) is 11.8. The van der Waals surface area contributed by atoms with Crippen LogP contribution in [0.4, 0.5) is 23.0 Å². The summed E-state index contributed by atoms with van der Waals surface area (Å²) in [7, 11) is -12.1. The summed E-state index contributed by atoms with van der Waals surface area (Å²) in [6.07, 6.45) is 0.0675. The van der Waals surface area contributed by atoms with Crippen LogP contribution in [0.25, 0.3) is 10.8 Å². The van der Waals surface area contributed by atoms with E-state index in [-0.39, 0.29) is 140 Å². The summed E-state index contributed by atoms with van der Waals surface area (Å²) in [5, 5.41) is 12.4. The third-order valence-electron chi connectivity index (χ3n) is 6.17. The summed E-state index contributed by atoms with van der Waals surface area (Å²) in [6.45, 7) is 1.69. The Morgan fingerprint density at radius 2 is 1.45 bits per heavy atom. The van der Waals surface area contributed by atoms with Gasteiger partial charge < -0.3 is 23.7 Å². The first kappa shape index (κ1) is 48.6. The molecule has 0 atom stereocenters. The third kappa shape index (κ3) is 16.4. The van der Waals surface area contributed by atoms with Crippen molar-refractivity contribution in [3.8, 4) is 5.75 Å². The number of ether oxygens (including phenoxy) is 1. The first-order valence-electron chi connectivity index (χ1n) is 13.7. The fourth-order valence-corrected chi connectivity index (χ4v) is 8.11. The fraction of sp³-hybridized carbons (Fsp3) is 0.296. The third-order valence-corrected chi connectivity index (χ3v) is 10.7. The van der Waals surface area contributed by atoms with Crippen molar-refractivity contribution in [2.45, 2.75) is 29.1 Å². The van der Waals surface area contributed by atoms with E-state index in [1.807, 2.05) is 0 Å². The molecule has 4 aromatic rings. The van der Waals surface area contributed by atoms with Crippen molar-refractivity contribution in [3.05, 3.63) is 59.9 Å². The van der Waals surface area contributed by atoms with Gasteiger partial charge in [-0.1, -0.05) is 23.9 Å². The van der Waals surface area contributed by atoms with Crippen molar-refractivity contribution in [2.75, 3.05) is 35.4 Å². The van der Waals surface area contributed by atoms with Gasteiger partial charge in [0.25, 0.3) is 0 Å². The number of nitrogens with one attached hydrogen (secondary N) is 1. The molecule has 1 aromatic heterocycles. The molecule has 51 heavy (non-hydrogen) atoms. The van der Waals surface area contributed by atoms with E-state index >= 15 is 0 Å². The van der Waals surface area contributed by atoms with Crippen LogP contribution in [0.5, 0.6) is 5.75 Å². The molecule has 24 heteroatoms. The molecule has 0 fully saturated rings. The molecule has 0 unspecified atom stereocenters. The zero-order chi connectivity index (χ0) is 35.1. The van der Waals surface area contributed by atoms with Gasteiger partial charge in [0.1, 0.15) is 21.7 Å². The van der Waals surface area contributed by atoms with E-state index in [0.717, 1.165) is 23.5 Å². The molecule has 4 rings (SSSR count). The van der Waals surface area contributed by atoms with Crippen molar-refractivity contribution in [3.63, 3.8) is 0 Å². The second-order valence-corrected chi connectivity index (χ2v) is 16.5. The molecule has 16 nitrogen and oxygen atoms in total. The van der Waals surface area contributed by atoms with E-state index in [1.54, 1.807) is 43.3 Å². The van der Waals surface area contributed by atoms with E-state index in [0.29, 0.717) is 33.8 Å². The van der Waals surface area contributed by atoms with Crippen LogP contribution >= 0.6 is 23.5 Å². The van der Waals surface area contributed by atoms with Crippen molar-refractivity contribution in [1.82, 2.24) is 15.0 Å². The number of aromatic nitrogens is 3. The predicted molar refractivity (Wildman–Crippen MR) is 178 cm³/mol. The van der Waals surface area contributed by atoms with Gasteiger partial charge in [-0.15, -0.1) is 0 Å². The molecule has 258 valence electrons. The van der Waals surface area contributed by atoms with Gasteiger partial charge in [-0.2, -0.15) is 32.0 Å². The van der Waals surface area contributed by atoms with Crippen LogP contribution in [0.1, 0.15) is 17.8 Å². The number of anilines is 2. The number of rotatable bonds is 16. The van der Waals surface area contributed by atoms with Gasteiger partial charge in [0.15, 0.2) is 5.16 Å². The summed E-state index contributed by atoms with van der Waals surface area (Å²) >= 11 is 2.22. The maximum atomic E-state index is 11.8. The molecule has 0 amide bonds. The molecule has 3 aromatic carbocycles. The first-order valence-corrected chi connectivity index (χ1v) is 20.4. The maximum Gasteiger partial charge on any atom is 1.00 e. The molecule has 1 N–H and O–H groups in total. The summed E-state index contributed by atoms with van der Waals surface area (Å²) in [5.41, 5.74) is 1.71. The van der Waals surface area contributed by atoms with E-state index in [1.165, 1.54) is 19.2 Å². The Morgan fingerprint density at radius 3 is 2.08 bits per heavy atom. The van der Waals surface area contributed by atoms with Crippen LogP contribution in [0.15, 0.2) is 68.8 Å². The summed E-state index contributed by atoms with van der Waals surface area (Å²) < 4.78 is 107. The topological polar surface area (TPSA) is 256 Å². The van der Waals surface area contributed by atoms with Crippen LogP contribution in [-0.2, 0) is 36.1 Å². The molecule has 0 aliphatic rings. The standard InChI is InChI=1S/C27H30N6O10S5.3Na/c1-17-12-18-4-5-19(14-21(18)24(13-17)48(40,41)42)32-33-20-6-7-22(23(15-20)43-2)28-26-29-25(16-44-9-11-47(37,38)39)30-27(31-26)45-8-3-10-46(34,35)36;;;/h4-7,12-15H,3,8-11,16H2,1-2H3,(H,34,35,36)(H,37,38,39)(H,40,41,42)(H,28,29,30,31);;;/q;3*+1/p-3. The molecule has 0 saturated heterocycles. The molecular weight excluding hydrogens is 798 g/mol. The Kier molecular flexibility index (Phi) is 20.6. The van der Waals surface area contributed by atoms with Gasteiger partial charge in [-0.3, -0.25) is 0 Å². The minimum Gasteiger partial charge on any atom is -0.748 e. The smallest absolute Gasteiger partial charge is 0.748 e. The van der Waals surface area contributed by atoms with Gasteiger partial charge in [0.2, 0.25) is 5.95 Å². The largest absolute Gasteiger partial charge is 1.00 e. The Bertz CT molecular complexity index is 2120. The average Bonchev–Trinajstić information content (AvgIpc) is 2.99. The molecule has 0 aliphatic heterocycles. The number of methoxy groups -OCH3 is 1. The first-order chi connectivity index (χ1) is 22.5. The van der Waals surface area contributed by atoms with E-state index in [9.17, 15) is 38.9 Å². The predicted octanol–water partition coefficient (Wildman–Crippen LogP) is -4.78. The van der Waals surface area contributed by atoms with Crippen LogP contribution in [0.3, 0.4) is 0 Å². The second kappa shape index (κ2) is 21.6. The summed E-state index contributed by atoms with van der Waals surface area (Å²) in [5.74, 6) is -0.0845. The minimum atomic E-state index is -4.73. The molecule has 0 radical (unpaired) electrons. The van der Waals surface area contributed by atoms with Gasteiger partial charge in [0.05, 0.1) is 55.1 Å². The SMILES string of the molecule is COc1cc(N=Nc2ccc3cc(C)cc(S(=O)(=O)[O-])c3c2)ccc1Nc1nc(CSCCS(=O)(=O)[O-])nc(SCCCS(=O)(=O)[O-])n1.[Na+].[Na+].[Na+]. The Morgan fingerprint density at radius 1 is 0.804 bits per heavy atom. The van der Waals surface area contributed by atoms with Crippen molar-refractivity contribution < 1.29 is 132 Å². The average molecular weight is 825 g/mol. The number of thioether (sulfide) groups is 2. The monoisotopic (exact) mass is 824 g/mol. The van der Waals surface area contributed by atoms with Gasteiger partial charge >= 0.3 is 88.7 Å². The van der Waals surface area contributed by atoms with Crippen molar-refractivity contribution in [2.24, 2.45) is 10.2 Å². The Labute approximate surface area is 370 Å². The van der Waals surface area contributed by atoms with Crippen LogP contribution in [0, 0.1) is 6.92 Å². The van der Waals surface area contributed by atoms with Gasteiger partial charge in [0, 0.05) is 34.5 Å². The Balaban J connectivity index is 0.00000433. The minimum absolute atomic E-state index is 0. The fourth-order valence-electron chi connectivity index (χ4n) is 4.11. The summed E-state index contributed by atoms with van der Waals surface area (Å²) in [4.78, 5) is 12.7. The van der Waals surface area contributed by atoms with Gasteiger partial charge in [-0.05, 0) is 54.6 Å². The number of azo groups is 1. The number of hydrogen-bond acceptors (Lipinski definition) is 18. The number of nitrogens with zero attached hydrogens (tertiary/aromatic N) is 5. The molecule has 0 spiro atoms. The second-order valence-electron chi connectivity index (χ2n) is 9.97. The van der Waals surface area contributed by atoms with Crippen molar-refractivity contribution in [1.29, 1.82) is 0 Å². The molecule has 1 heterocycles. The Hall–Kier alpha value is -0.440. The molecule has 0 aliphatic carbocycles. The zero-order valence-electron chi connectivity index (χ0n) is 28.2. The number of fused-ring (bicyclic) bond motifs is 1. The van der Waals surface area contributed by atoms with Crippen LogP contribution in [-0.4, -0.2) is 84.0 Å². The number of aryl methyl sites for hydroxylation is 1. The van der Waals surface area contributed by atoms with Crippen molar-refractivity contribution >= 4 is 87.7 Å². The maximum absolute atomic E-state index is 11.8. The van der Waals surface area contributed by atoms with E-state index in [4.69, 9.17) is 4.74 Å². The number of benzene rings is 3. The van der Waals surface area contributed by atoms with E-state index in [2.05, 4.69) is 30.5 Å². The quantitative estimate of drug-likeness (QED) is 0.0366. The van der Waals surface area contributed by atoms with Crippen LogP contribution in [0.2, 0.25) is 0 Å². The molecular formula is C27H27N6Na3O10S5. The van der Waals surface area contributed by atoms with Crippen LogP contribution < -0.4 is 98.7 Å². The summed E-state index contributed by atoms with van der Waals surface area (Å²) in [6, 6.07) is 12.6. The molecule has 0 bridgehead atoms. The van der Waals surface area contributed by atoms with Gasteiger partial charge in [-0.25, -0.2) is 30.2 Å². The zero-order valence-corrected chi connectivity index (χ0v) is 38.3. The molecule has 0 saturated carbocycles. The number of hydrogen-bond donors (Lipinski definition) is 1.